The van der Waals surface area contributed by atoms with Gasteiger partial charge in [0.2, 0.25) is 5.89 Å². The Kier molecular flexibility index (Phi) is 3.70. The van der Waals surface area contributed by atoms with Crippen LogP contribution in [0.15, 0.2) is 52.5 Å². The van der Waals surface area contributed by atoms with Crippen molar-refractivity contribution in [2.24, 2.45) is 0 Å². The summed E-state index contributed by atoms with van der Waals surface area (Å²) < 4.78 is 10.9. The van der Waals surface area contributed by atoms with Crippen molar-refractivity contribution in [3.63, 3.8) is 0 Å². The van der Waals surface area contributed by atoms with Crippen molar-refractivity contribution in [1.82, 2.24) is 4.98 Å². The predicted molar refractivity (Wildman–Crippen MR) is 77.5 cm³/mol. The molecule has 3 rings (SSSR count). The highest BCUT2D eigenvalue weighted by molar-refractivity contribution is 7.12. The van der Waals surface area contributed by atoms with Crippen LogP contribution in [0.3, 0.4) is 0 Å². The zero-order valence-electron chi connectivity index (χ0n) is 10.9. The maximum Gasteiger partial charge on any atom is 0.349 e. The first kappa shape index (κ1) is 13.4. The zero-order valence-corrected chi connectivity index (χ0v) is 11.7. The van der Waals surface area contributed by atoms with Crippen LogP contribution in [0.1, 0.15) is 15.4 Å². The van der Waals surface area contributed by atoms with Crippen molar-refractivity contribution in [3.05, 3.63) is 58.6 Å². The molecule has 0 saturated heterocycles. The summed E-state index contributed by atoms with van der Waals surface area (Å²) in [5.41, 5.74) is 1.49. The third-order valence-electron chi connectivity index (χ3n) is 2.77. The molecule has 0 atom stereocenters. The third kappa shape index (κ3) is 2.95. The van der Waals surface area contributed by atoms with Crippen molar-refractivity contribution >= 4 is 17.3 Å². The number of rotatable bonds is 5. The second-order valence-electron chi connectivity index (χ2n) is 4.22. The molecule has 0 saturated carbocycles. The monoisotopic (exact) mass is 301 g/mol. The fourth-order valence-electron chi connectivity index (χ4n) is 1.81. The zero-order chi connectivity index (χ0) is 14.7. The van der Waals surface area contributed by atoms with Gasteiger partial charge < -0.3 is 14.3 Å². The summed E-state index contributed by atoms with van der Waals surface area (Å²) in [6.45, 7) is 0.160. The van der Waals surface area contributed by atoms with E-state index in [1.165, 1.54) is 6.26 Å². The number of hydrogen-bond acceptors (Lipinski definition) is 5. The van der Waals surface area contributed by atoms with E-state index in [2.05, 4.69) is 4.98 Å². The summed E-state index contributed by atoms with van der Waals surface area (Å²) >= 11 is 1.13. The first-order valence-corrected chi connectivity index (χ1v) is 7.05. The predicted octanol–water partition coefficient (Wildman–Crippen LogP) is 3.68. The Morgan fingerprint density at radius 1 is 1.29 bits per heavy atom. The number of benzene rings is 1. The maximum absolute atomic E-state index is 11.0. The van der Waals surface area contributed by atoms with Gasteiger partial charge in [-0.3, -0.25) is 0 Å². The van der Waals surface area contributed by atoms with Crippen LogP contribution in [0.5, 0.6) is 5.75 Å². The molecule has 5 nitrogen and oxygen atoms in total. The van der Waals surface area contributed by atoms with Gasteiger partial charge in [0.1, 0.15) is 24.3 Å². The van der Waals surface area contributed by atoms with Crippen LogP contribution in [-0.2, 0) is 6.61 Å². The second-order valence-corrected chi connectivity index (χ2v) is 5.13. The molecule has 6 heteroatoms. The number of oxazole rings is 1. The Hall–Kier alpha value is -2.60. The van der Waals surface area contributed by atoms with Gasteiger partial charge in [-0.1, -0.05) is 18.2 Å². The fraction of sp³-hybridized carbons (Fsp3) is 0.0667. The van der Waals surface area contributed by atoms with Crippen LogP contribution < -0.4 is 4.74 Å². The lowest BCUT2D eigenvalue weighted by Crippen LogP contribution is -2.00. The molecular formula is C15H11NO4S. The average molecular weight is 301 g/mol. The first-order chi connectivity index (χ1) is 10.2. The maximum atomic E-state index is 11.0. The van der Waals surface area contributed by atoms with Crippen molar-refractivity contribution in [1.29, 1.82) is 0 Å². The Bertz CT molecular complexity index is 748. The molecule has 0 unspecified atom stereocenters. The molecule has 0 aliphatic carbocycles. The van der Waals surface area contributed by atoms with Crippen LogP contribution in [0.2, 0.25) is 0 Å². The lowest BCUT2D eigenvalue weighted by atomic mass is 10.2. The Labute approximate surface area is 124 Å². The van der Waals surface area contributed by atoms with Crippen molar-refractivity contribution < 1.29 is 19.1 Å². The van der Waals surface area contributed by atoms with E-state index in [0.29, 0.717) is 17.3 Å². The summed E-state index contributed by atoms with van der Waals surface area (Å²) in [6.07, 6.45) is 1.51. The van der Waals surface area contributed by atoms with Gasteiger partial charge in [0.15, 0.2) is 4.88 Å². The third-order valence-corrected chi connectivity index (χ3v) is 3.66. The molecule has 1 N–H and O–H groups in total. The number of aromatic nitrogens is 1. The first-order valence-electron chi connectivity index (χ1n) is 6.17. The highest BCUT2D eigenvalue weighted by atomic mass is 32.1. The molecule has 3 aromatic rings. The minimum Gasteiger partial charge on any atom is -0.485 e. The molecule has 0 fully saturated rings. The number of thiophene rings is 1. The summed E-state index contributed by atoms with van der Waals surface area (Å²) in [6, 6.07) is 11.2. The molecular weight excluding hydrogens is 290 g/mol. The Balaban J connectivity index is 1.71. The fourth-order valence-corrected chi connectivity index (χ4v) is 2.48. The smallest absolute Gasteiger partial charge is 0.349 e. The Morgan fingerprint density at radius 3 is 2.86 bits per heavy atom. The van der Waals surface area contributed by atoms with Gasteiger partial charge in [-0.2, -0.15) is 0 Å². The SMILES string of the molecule is O=C(O)c1sccc1OCc1coc(-c2ccccc2)n1. The van der Waals surface area contributed by atoms with Crippen LogP contribution in [-0.4, -0.2) is 16.1 Å². The number of nitrogens with zero attached hydrogens (tertiary/aromatic N) is 1. The van der Waals surface area contributed by atoms with E-state index in [9.17, 15) is 4.79 Å². The molecule has 0 aliphatic rings. The van der Waals surface area contributed by atoms with E-state index in [0.717, 1.165) is 16.9 Å². The van der Waals surface area contributed by atoms with Crippen LogP contribution >= 0.6 is 11.3 Å². The summed E-state index contributed by atoms with van der Waals surface area (Å²) in [5.74, 6) is -0.139. The second kappa shape index (κ2) is 5.80. The average Bonchev–Trinajstić information content (AvgIpc) is 3.15. The van der Waals surface area contributed by atoms with E-state index >= 15 is 0 Å². The number of carbonyl (C=O) groups is 1. The molecule has 2 heterocycles. The topological polar surface area (TPSA) is 72.6 Å². The quantitative estimate of drug-likeness (QED) is 0.778. The normalized spacial score (nSPS) is 10.5. The standard InChI is InChI=1S/C15H11NO4S/c17-15(18)13-12(6-7-21-13)19-8-11-9-20-14(16-11)10-4-2-1-3-5-10/h1-7,9H,8H2,(H,17,18). The molecule has 2 aromatic heterocycles. The molecule has 21 heavy (non-hydrogen) atoms. The summed E-state index contributed by atoms with van der Waals surface area (Å²) in [7, 11) is 0. The van der Waals surface area contributed by atoms with Gasteiger partial charge in [0.25, 0.3) is 0 Å². The highest BCUT2D eigenvalue weighted by Crippen LogP contribution is 2.26. The van der Waals surface area contributed by atoms with Gasteiger partial charge in [0.05, 0.1) is 0 Å². The minimum absolute atomic E-state index is 0.160. The van der Waals surface area contributed by atoms with Gasteiger partial charge in [0, 0.05) is 5.56 Å². The van der Waals surface area contributed by atoms with Crippen LogP contribution in [0.25, 0.3) is 11.5 Å². The lowest BCUT2D eigenvalue weighted by Gasteiger charge is -2.02. The molecule has 0 amide bonds. The van der Waals surface area contributed by atoms with Gasteiger partial charge in [-0.15, -0.1) is 11.3 Å². The van der Waals surface area contributed by atoms with Crippen molar-refractivity contribution in [3.8, 4) is 17.2 Å². The van der Waals surface area contributed by atoms with Crippen LogP contribution in [0.4, 0.5) is 0 Å². The van der Waals surface area contributed by atoms with E-state index in [1.807, 2.05) is 30.3 Å². The highest BCUT2D eigenvalue weighted by Gasteiger charge is 2.14. The van der Waals surface area contributed by atoms with Gasteiger partial charge in [-0.05, 0) is 23.6 Å². The summed E-state index contributed by atoms with van der Waals surface area (Å²) in [5, 5.41) is 10.7. The van der Waals surface area contributed by atoms with Crippen molar-refractivity contribution in [2.45, 2.75) is 6.61 Å². The molecule has 106 valence electrons. The minimum atomic E-state index is -0.995. The number of hydrogen-bond donors (Lipinski definition) is 1. The lowest BCUT2D eigenvalue weighted by molar-refractivity contribution is 0.0697. The number of ether oxygens (including phenoxy) is 1. The molecule has 0 spiro atoms. The molecule has 1 aromatic carbocycles. The summed E-state index contributed by atoms with van der Waals surface area (Å²) in [4.78, 5) is 15.5. The molecule has 0 radical (unpaired) electrons. The largest absolute Gasteiger partial charge is 0.485 e. The number of aromatic carboxylic acids is 1. The van der Waals surface area contributed by atoms with Crippen molar-refractivity contribution in [2.75, 3.05) is 0 Å². The number of carboxylic acid groups (broad SMARTS) is 1. The number of carboxylic acids is 1. The van der Waals surface area contributed by atoms with E-state index in [-0.39, 0.29) is 11.5 Å². The Morgan fingerprint density at radius 2 is 2.10 bits per heavy atom. The molecule has 0 aliphatic heterocycles. The molecule has 0 bridgehead atoms. The van der Waals surface area contributed by atoms with Gasteiger partial charge >= 0.3 is 5.97 Å². The van der Waals surface area contributed by atoms with E-state index in [1.54, 1.807) is 11.4 Å². The van der Waals surface area contributed by atoms with E-state index in [4.69, 9.17) is 14.3 Å². The van der Waals surface area contributed by atoms with Crippen LogP contribution in [0, 0.1) is 0 Å². The van der Waals surface area contributed by atoms with Gasteiger partial charge in [-0.25, -0.2) is 9.78 Å². The van der Waals surface area contributed by atoms with E-state index < -0.39 is 5.97 Å².